The van der Waals surface area contributed by atoms with Crippen molar-refractivity contribution >= 4 is 11.9 Å². The Hall–Kier alpha value is -1.93. The van der Waals surface area contributed by atoms with E-state index in [2.05, 4.69) is 9.68 Å². The first-order valence-electron chi connectivity index (χ1n) is 4.81. The summed E-state index contributed by atoms with van der Waals surface area (Å²) in [6.07, 6.45) is 0. The second-order valence-electron chi connectivity index (χ2n) is 3.12. The summed E-state index contributed by atoms with van der Waals surface area (Å²) in [6, 6.07) is 0.992. The molecule has 0 radical (unpaired) electrons. The summed E-state index contributed by atoms with van der Waals surface area (Å²) >= 11 is 0. The Bertz CT molecular complexity index is 396. The summed E-state index contributed by atoms with van der Waals surface area (Å²) in [4.78, 5) is 23.4. The van der Waals surface area contributed by atoms with E-state index in [0.717, 1.165) is 11.0 Å². The minimum absolute atomic E-state index is 0.0225. The lowest BCUT2D eigenvalue weighted by Gasteiger charge is -2.18. The van der Waals surface area contributed by atoms with Gasteiger partial charge in [0.15, 0.2) is 5.69 Å². The van der Waals surface area contributed by atoms with E-state index >= 15 is 0 Å². The van der Waals surface area contributed by atoms with Gasteiger partial charge in [-0.2, -0.15) is 0 Å². The van der Waals surface area contributed by atoms with Crippen LogP contribution in [0.1, 0.15) is 21.0 Å². The van der Waals surface area contributed by atoms with Crippen molar-refractivity contribution in [1.82, 2.24) is 10.1 Å². The highest BCUT2D eigenvalue weighted by Crippen LogP contribution is 2.07. The predicted molar refractivity (Wildman–Crippen MR) is 53.5 cm³/mol. The van der Waals surface area contributed by atoms with E-state index in [0.29, 0.717) is 0 Å². The zero-order valence-electron chi connectivity index (χ0n) is 8.87. The molecule has 8 nitrogen and oxygen atoms in total. The SMILES string of the molecule is O=C(O)c1cc(C(=O)N(CCO)CCO)no1. The largest absolute Gasteiger partial charge is 0.475 e. The number of carboxylic acid groups (broad SMARTS) is 1. The van der Waals surface area contributed by atoms with Crippen LogP contribution in [0.4, 0.5) is 0 Å². The highest BCUT2D eigenvalue weighted by Gasteiger charge is 2.21. The van der Waals surface area contributed by atoms with Crippen LogP contribution in [0, 0.1) is 0 Å². The standard InChI is InChI=1S/C9H12N2O6/c12-3-1-11(2-4-13)8(14)6-5-7(9(15)16)17-10-6/h5,12-13H,1-4H2,(H,15,16). The van der Waals surface area contributed by atoms with Gasteiger partial charge in [0.1, 0.15) is 0 Å². The van der Waals surface area contributed by atoms with Crippen LogP contribution in [-0.4, -0.2) is 63.6 Å². The van der Waals surface area contributed by atoms with Gasteiger partial charge in [-0.3, -0.25) is 4.79 Å². The Morgan fingerprint density at radius 1 is 1.29 bits per heavy atom. The Labute approximate surface area is 96.1 Å². The molecule has 0 atom stereocenters. The number of carbonyl (C=O) groups excluding carboxylic acids is 1. The number of nitrogens with zero attached hydrogens (tertiary/aromatic N) is 2. The van der Waals surface area contributed by atoms with E-state index in [1.165, 1.54) is 0 Å². The summed E-state index contributed by atoms with van der Waals surface area (Å²) in [5.41, 5.74) is -0.177. The number of rotatable bonds is 6. The summed E-state index contributed by atoms with van der Waals surface area (Å²) in [5, 5.41) is 29.4. The van der Waals surface area contributed by atoms with E-state index in [1.54, 1.807) is 0 Å². The molecule has 0 spiro atoms. The fourth-order valence-electron chi connectivity index (χ4n) is 1.20. The van der Waals surface area contributed by atoms with Gasteiger partial charge in [0.25, 0.3) is 5.91 Å². The highest BCUT2D eigenvalue weighted by molar-refractivity contribution is 5.94. The van der Waals surface area contributed by atoms with Crippen LogP contribution in [0.25, 0.3) is 0 Å². The van der Waals surface area contributed by atoms with Gasteiger partial charge in [0.05, 0.1) is 13.2 Å². The number of aromatic carboxylic acids is 1. The molecule has 1 amide bonds. The molecular weight excluding hydrogens is 232 g/mol. The first kappa shape index (κ1) is 13.1. The molecular formula is C9H12N2O6. The Morgan fingerprint density at radius 3 is 2.29 bits per heavy atom. The quantitative estimate of drug-likeness (QED) is 0.574. The van der Waals surface area contributed by atoms with Crippen LogP contribution in [-0.2, 0) is 0 Å². The van der Waals surface area contributed by atoms with Gasteiger partial charge < -0.3 is 24.7 Å². The number of carbonyl (C=O) groups is 2. The first-order valence-corrected chi connectivity index (χ1v) is 4.81. The van der Waals surface area contributed by atoms with Crippen molar-refractivity contribution in [1.29, 1.82) is 0 Å². The average molecular weight is 244 g/mol. The zero-order valence-corrected chi connectivity index (χ0v) is 8.87. The Kier molecular flexibility index (Phi) is 4.61. The van der Waals surface area contributed by atoms with Crippen LogP contribution in [0.3, 0.4) is 0 Å². The topological polar surface area (TPSA) is 124 Å². The van der Waals surface area contributed by atoms with Crippen molar-refractivity contribution in [2.75, 3.05) is 26.3 Å². The smallest absolute Gasteiger partial charge is 0.374 e. The molecule has 1 aromatic heterocycles. The third-order valence-electron chi connectivity index (χ3n) is 1.97. The molecule has 0 aliphatic carbocycles. The third kappa shape index (κ3) is 3.26. The van der Waals surface area contributed by atoms with Gasteiger partial charge in [-0.1, -0.05) is 5.16 Å². The minimum Gasteiger partial charge on any atom is -0.475 e. The lowest BCUT2D eigenvalue weighted by Crippen LogP contribution is -2.36. The molecule has 3 N–H and O–H groups in total. The van der Waals surface area contributed by atoms with Crippen molar-refractivity contribution < 1.29 is 29.4 Å². The highest BCUT2D eigenvalue weighted by atomic mass is 16.5. The molecule has 1 rings (SSSR count). The number of aliphatic hydroxyl groups excluding tert-OH is 2. The van der Waals surface area contributed by atoms with Crippen LogP contribution in [0.2, 0.25) is 0 Å². The summed E-state index contributed by atoms with van der Waals surface area (Å²) in [5.74, 6) is -2.38. The van der Waals surface area contributed by atoms with Crippen molar-refractivity contribution in [3.05, 3.63) is 17.5 Å². The fourth-order valence-corrected chi connectivity index (χ4v) is 1.20. The van der Waals surface area contributed by atoms with Gasteiger partial charge >= 0.3 is 5.97 Å². The molecule has 0 aliphatic heterocycles. The number of aromatic nitrogens is 1. The van der Waals surface area contributed by atoms with Gasteiger partial charge in [-0.15, -0.1) is 0 Å². The molecule has 0 bridgehead atoms. The molecule has 8 heteroatoms. The van der Waals surface area contributed by atoms with Crippen molar-refractivity contribution in [2.45, 2.75) is 0 Å². The van der Waals surface area contributed by atoms with Crippen molar-refractivity contribution in [3.63, 3.8) is 0 Å². The van der Waals surface area contributed by atoms with Crippen LogP contribution >= 0.6 is 0 Å². The number of hydrogen-bond donors (Lipinski definition) is 3. The Balaban J connectivity index is 2.81. The predicted octanol–water partition coefficient (Wildman–Crippen LogP) is -1.20. The second-order valence-corrected chi connectivity index (χ2v) is 3.12. The minimum atomic E-state index is -1.33. The van der Waals surface area contributed by atoms with E-state index in [4.69, 9.17) is 15.3 Å². The molecule has 0 unspecified atom stereocenters. The number of amides is 1. The molecule has 0 aliphatic rings. The van der Waals surface area contributed by atoms with E-state index < -0.39 is 17.6 Å². The zero-order chi connectivity index (χ0) is 12.8. The maximum Gasteiger partial charge on any atom is 0.374 e. The maximum atomic E-state index is 11.7. The molecule has 0 saturated carbocycles. The monoisotopic (exact) mass is 244 g/mol. The number of hydrogen-bond acceptors (Lipinski definition) is 6. The van der Waals surface area contributed by atoms with Crippen LogP contribution in [0.15, 0.2) is 10.6 Å². The first-order chi connectivity index (χ1) is 8.10. The average Bonchev–Trinajstić information content (AvgIpc) is 2.77. The van der Waals surface area contributed by atoms with Gasteiger partial charge in [0, 0.05) is 19.2 Å². The number of carboxylic acids is 1. The van der Waals surface area contributed by atoms with E-state index in [1.807, 2.05) is 0 Å². The maximum absolute atomic E-state index is 11.7. The van der Waals surface area contributed by atoms with E-state index in [-0.39, 0.29) is 32.0 Å². The molecule has 0 fully saturated rings. The van der Waals surface area contributed by atoms with Crippen molar-refractivity contribution in [2.24, 2.45) is 0 Å². The van der Waals surface area contributed by atoms with Gasteiger partial charge in [0.2, 0.25) is 5.76 Å². The third-order valence-corrected chi connectivity index (χ3v) is 1.97. The van der Waals surface area contributed by atoms with Crippen molar-refractivity contribution in [3.8, 4) is 0 Å². The fraction of sp³-hybridized carbons (Fsp3) is 0.444. The van der Waals surface area contributed by atoms with E-state index in [9.17, 15) is 9.59 Å². The van der Waals surface area contributed by atoms with Crippen LogP contribution in [0.5, 0.6) is 0 Å². The molecule has 0 aromatic carbocycles. The molecule has 17 heavy (non-hydrogen) atoms. The van der Waals surface area contributed by atoms with Gasteiger partial charge in [-0.25, -0.2) is 4.79 Å². The lowest BCUT2D eigenvalue weighted by molar-refractivity contribution is 0.0643. The van der Waals surface area contributed by atoms with Crippen LogP contribution < -0.4 is 0 Å². The normalized spacial score (nSPS) is 10.2. The Morgan fingerprint density at radius 2 is 1.88 bits per heavy atom. The summed E-state index contributed by atoms with van der Waals surface area (Å²) in [7, 11) is 0. The molecule has 1 heterocycles. The molecule has 94 valence electrons. The summed E-state index contributed by atoms with van der Waals surface area (Å²) < 4.78 is 4.43. The molecule has 0 saturated heterocycles. The molecule has 1 aromatic rings. The number of aliphatic hydroxyl groups is 2. The second kappa shape index (κ2) is 5.97. The lowest BCUT2D eigenvalue weighted by atomic mass is 10.3. The summed E-state index contributed by atoms with van der Waals surface area (Å²) in [6.45, 7) is -0.492. The van der Waals surface area contributed by atoms with Gasteiger partial charge in [-0.05, 0) is 0 Å².